The summed E-state index contributed by atoms with van der Waals surface area (Å²) in [5.41, 5.74) is 12.9. The molecule has 0 saturated heterocycles. The molecule has 0 unspecified atom stereocenters. The quantitative estimate of drug-likeness (QED) is 0.186. The summed E-state index contributed by atoms with van der Waals surface area (Å²) in [7, 11) is 0. The molecular formula is C43H32N2. The van der Waals surface area contributed by atoms with E-state index in [-0.39, 0.29) is 0 Å². The Morgan fingerprint density at radius 1 is 0.489 bits per heavy atom. The molecule has 0 amide bonds. The van der Waals surface area contributed by atoms with Gasteiger partial charge in [0.25, 0.3) is 0 Å². The molecular weight excluding hydrogens is 544 g/mol. The van der Waals surface area contributed by atoms with E-state index in [1.165, 1.54) is 55.0 Å². The van der Waals surface area contributed by atoms with Crippen molar-refractivity contribution in [2.75, 3.05) is 0 Å². The van der Waals surface area contributed by atoms with Crippen LogP contribution in [0.5, 0.6) is 0 Å². The standard InChI is InChI=1S/C43H32N2/c1-3-14-38-36(4-2)42-40(27-28-41-43(42)37-21-11-12-22-39(37)44(41)34-19-9-6-10-20-34)45(38)35-25-23-31(24-26-35)33-18-13-17-32(29-33)30-15-7-5-8-16-30/h3-29H,2H2,1H3/b14-3-. The highest BCUT2D eigenvalue weighted by Crippen LogP contribution is 2.42. The molecule has 2 aromatic heterocycles. The molecule has 0 N–H and O–H groups in total. The second kappa shape index (κ2) is 11.0. The summed E-state index contributed by atoms with van der Waals surface area (Å²) in [6.07, 6.45) is 6.34. The molecule has 0 aliphatic carbocycles. The van der Waals surface area contributed by atoms with E-state index >= 15 is 0 Å². The second-order valence-electron chi connectivity index (χ2n) is 11.4. The normalized spacial score (nSPS) is 11.7. The zero-order valence-corrected chi connectivity index (χ0v) is 25.2. The van der Waals surface area contributed by atoms with Gasteiger partial charge in [-0.1, -0.05) is 116 Å². The van der Waals surface area contributed by atoms with Gasteiger partial charge in [0.15, 0.2) is 0 Å². The first-order valence-electron chi connectivity index (χ1n) is 15.4. The zero-order valence-electron chi connectivity index (χ0n) is 25.2. The van der Waals surface area contributed by atoms with E-state index in [0.717, 1.165) is 22.6 Å². The van der Waals surface area contributed by atoms with Crippen LogP contribution in [0.1, 0.15) is 18.2 Å². The molecule has 45 heavy (non-hydrogen) atoms. The highest BCUT2D eigenvalue weighted by Gasteiger charge is 2.22. The first-order valence-corrected chi connectivity index (χ1v) is 15.4. The van der Waals surface area contributed by atoms with Crippen LogP contribution < -0.4 is 0 Å². The van der Waals surface area contributed by atoms with Crippen molar-refractivity contribution in [2.45, 2.75) is 6.92 Å². The van der Waals surface area contributed by atoms with Gasteiger partial charge in [-0.3, -0.25) is 0 Å². The maximum absolute atomic E-state index is 4.32. The summed E-state index contributed by atoms with van der Waals surface area (Å²) < 4.78 is 4.76. The summed E-state index contributed by atoms with van der Waals surface area (Å²) in [6, 6.07) is 52.2. The van der Waals surface area contributed by atoms with E-state index in [1.807, 2.05) is 6.08 Å². The molecule has 0 atom stereocenters. The largest absolute Gasteiger partial charge is 0.309 e. The fraction of sp³-hybridized carbons (Fsp3) is 0.0233. The molecule has 0 spiro atoms. The van der Waals surface area contributed by atoms with Crippen LogP contribution in [0.3, 0.4) is 0 Å². The zero-order chi connectivity index (χ0) is 30.3. The van der Waals surface area contributed by atoms with Gasteiger partial charge in [0.05, 0.1) is 22.2 Å². The van der Waals surface area contributed by atoms with Gasteiger partial charge < -0.3 is 9.13 Å². The minimum Gasteiger partial charge on any atom is -0.309 e. The number of fused-ring (bicyclic) bond motifs is 5. The summed E-state index contributed by atoms with van der Waals surface area (Å²) in [6.45, 7) is 6.39. The number of hydrogen-bond donors (Lipinski definition) is 0. The van der Waals surface area contributed by atoms with Crippen molar-refractivity contribution in [2.24, 2.45) is 0 Å². The van der Waals surface area contributed by atoms with Crippen molar-refractivity contribution in [3.8, 4) is 33.6 Å². The number of rotatable bonds is 6. The summed E-state index contributed by atoms with van der Waals surface area (Å²) in [4.78, 5) is 0. The maximum atomic E-state index is 4.32. The molecule has 214 valence electrons. The van der Waals surface area contributed by atoms with Crippen LogP contribution in [0, 0.1) is 0 Å². The first-order chi connectivity index (χ1) is 22.3. The predicted octanol–water partition coefficient (Wildman–Crippen LogP) is 11.7. The molecule has 0 aliphatic heterocycles. The number of benzene rings is 6. The van der Waals surface area contributed by atoms with Crippen LogP contribution in [0.2, 0.25) is 0 Å². The van der Waals surface area contributed by atoms with E-state index in [2.05, 4.69) is 180 Å². The molecule has 0 radical (unpaired) electrons. The van der Waals surface area contributed by atoms with Crippen molar-refractivity contribution in [1.29, 1.82) is 0 Å². The Morgan fingerprint density at radius 2 is 1.07 bits per heavy atom. The monoisotopic (exact) mass is 576 g/mol. The lowest BCUT2D eigenvalue weighted by Gasteiger charge is -2.12. The molecule has 6 aromatic carbocycles. The topological polar surface area (TPSA) is 9.86 Å². The molecule has 2 nitrogen and oxygen atoms in total. The Labute approximate surface area is 263 Å². The van der Waals surface area contributed by atoms with Gasteiger partial charge in [-0.05, 0) is 83.8 Å². The van der Waals surface area contributed by atoms with E-state index < -0.39 is 0 Å². The molecule has 0 fully saturated rings. The van der Waals surface area contributed by atoms with E-state index in [9.17, 15) is 0 Å². The van der Waals surface area contributed by atoms with Gasteiger partial charge >= 0.3 is 0 Å². The Hall–Kier alpha value is -5.86. The Bertz CT molecular complexity index is 2370. The van der Waals surface area contributed by atoms with Crippen LogP contribution in [0.4, 0.5) is 0 Å². The molecule has 0 saturated carbocycles. The minimum absolute atomic E-state index is 1.12. The number of hydrogen-bond acceptors (Lipinski definition) is 0. The average Bonchev–Trinajstić information content (AvgIpc) is 3.61. The Kier molecular flexibility index (Phi) is 6.54. The van der Waals surface area contributed by atoms with Crippen LogP contribution >= 0.6 is 0 Å². The lowest BCUT2D eigenvalue weighted by atomic mass is 9.99. The van der Waals surface area contributed by atoms with E-state index in [0.29, 0.717) is 0 Å². The summed E-state index contributed by atoms with van der Waals surface area (Å²) in [5, 5.41) is 3.71. The average molecular weight is 577 g/mol. The third kappa shape index (κ3) is 4.34. The van der Waals surface area contributed by atoms with Gasteiger partial charge in [0.1, 0.15) is 0 Å². The lowest BCUT2D eigenvalue weighted by molar-refractivity contribution is 1.10. The number of aromatic nitrogens is 2. The smallest absolute Gasteiger partial charge is 0.0548 e. The fourth-order valence-electron chi connectivity index (χ4n) is 6.86. The maximum Gasteiger partial charge on any atom is 0.0548 e. The summed E-state index contributed by atoms with van der Waals surface area (Å²) >= 11 is 0. The van der Waals surface area contributed by atoms with Crippen molar-refractivity contribution in [3.63, 3.8) is 0 Å². The van der Waals surface area contributed by atoms with Gasteiger partial charge in [-0.25, -0.2) is 0 Å². The van der Waals surface area contributed by atoms with Crippen molar-refractivity contribution in [3.05, 3.63) is 170 Å². The molecule has 2 heterocycles. The number of allylic oxidation sites excluding steroid dienone is 1. The number of para-hydroxylation sites is 2. The second-order valence-corrected chi connectivity index (χ2v) is 11.4. The van der Waals surface area contributed by atoms with Crippen molar-refractivity contribution >= 4 is 44.9 Å². The van der Waals surface area contributed by atoms with Crippen molar-refractivity contribution in [1.82, 2.24) is 9.13 Å². The Balaban J connectivity index is 1.34. The van der Waals surface area contributed by atoms with Crippen LogP contribution in [0.15, 0.2) is 158 Å². The summed E-state index contributed by atoms with van der Waals surface area (Å²) in [5.74, 6) is 0. The molecule has 0 bridgehead atoms. The Morgan fingerprint density at radius 3 is 1.76 bits per heavy atom. The predicted molar refractivity (Wildman–Crippen MR) is 193 cm³/mol. The van der Waals surface area contributed by atoms with Crippen molar-refractivity contribution < 1.29 is 0 Å². The highest BCUT2D eigenvalue weighted by molar-refractivity contribution is 6.23. The van der Waals surface area contributed by atoms with E-state index in [1.54, 1.807) is 0 Å². The SMILES string of the molecule is C=Cc1c(/C=C\C)n(-c2ccc(-c3cccc(-c4ccccc4)c3)cc2)c2ccc3c(c4ccccc4n3-c3ccccc3)c12. The third-order valence-electron chi connectivity index (χ3n) is 8.82. The number of nitrogens with zero attached hydrogens (tertiary/aromatic N) is 2. The first kappa shape index (κ1) is 26.7. The minimum atomic E-state index is 1.12. The fourth-order valence-corrected chi connectivity index (χ4v) is 6.86. The molecule has 2 heteroatoms. The highest BCUT2D eigenvalue weighted by atomic mass is 15.0. The van der Waals surface area contributed by atoms with Gasteiger partial charge in [0.2, 0.25) is 0 Å². The van der Waals surface area contributed by atoms with E-state index in [4.69, 9.17) is 0 Å². The van der Waals surface area contributed by atoms with Gasteiger partial charge in [0, 0.05) is 33.1 Å². The molecule has 8 rings (SSSR count). The van der Waals surface area contributed by atoms with Gasteiger partial charge in [-0.2, -0.15) is 0 Å². The van der Waals surface area contributed by atoms with Crippen LogP contribution in [-0.4, -0.2) is 9.13 Å². The molecule has 8 aromatic rings. The van der Waals surface area contributed by atoms with Crippen LogP contribution in [0.25, 0.3) is 78.5 Å². The third-order valence-corrected chi connectivity index (χ3v) is 8.82. The lowest BCUT2D eigenvalue weighted by Crippen LogP contribution is -1.97. The van der Waals surface area contributed by atoms with Gasteiger partial charge in [-0.15, -0.1) is 0 Å². The van der Waals surface area contributed by atoms with Crippen LogP contribution in [-0.2, 0) is 0 Å². The molecule has 0 aliphatic rings.